The van der Waals surface area contributed by atoms with Gasteiger partial charge in [-0.1, -0.05) is 25.5 Å². The van der Waals surface area contributed by atoms with Crippen LogP contribution >= 0.6 is 0 Å². The molecule has 0 saturated heterocycles. The van der Waals surface area contributed by atoms with Gasteiger partial charge in [-0.3, -0.25) is 0 Å². The fourth-order valence-electron chi connectivity index (χ4n) is 2.92. The maximum absolute atomic E-state index is 14.2. The number of hydrogen-bond acceptors (Lipinski definition) is 1. The van der Waals surface area contributed by atoms with E-state index in [1.165, 1.54) is 4.57 Å². The highest BCUT2D eigenvalue weighted by Crippen LogP contribution is 2.40. The van der Waals surface area contributed by atoms with Crippen LogP contribution in [0.1, 0.15) is 45.2 Å². The van der Waals surface area contributed by atoms with E-state index >= 15 is 0 Å². The minimum absolute atomic E-state index is 0.112. The first-order valence-corrected chi connectivity index (χ1v) is 8.08. The Labute approximate surface area is 158 Å². The molecular weight excluding hydrogens is 423 g/mol. The van der Waals surface area contributed by atoms with Gasteiger partial charge < -0.3 is 17.3 Å². The molecular formula is C15H14BF10N3. The van der Waals surface area contributed by atoms with Crippen molar-refractivity contribution in [2.75, 3.05) is 0 Å². The summed E-state index contributed by atoms with van der Waals surface area (Å²) in [5, 5.41) is 3.71. The first kappa shape index (κ1) is 23.0. The maximum atomic E-state index is 14.2. The van der Waals surface area contributed by atoms with Gasteiger partial charge in [-0.15, -0.1) is 0 Å². The first-order valence-electron chi connectivity index (χ1n) is 8.08. The van der Waals surface area contributed by atoms with Gasteiger partial charge in [-0.25, -0.2) is 22.1 Å². The van der Waals surface area contributed by atoms with E-state index < -0.39 is 48.2 Å². The van der Waals surface area contributed by atoms with Crippen molar-refractivity contribution < 1.29 is 48.2 Å². The quantitative estimate of drug-likeness (QED) is 0.199. The molecule has 0 fully saturated rings. The summed E-state index contributed by atoms with van der Waals surface area (Å²) in [5.41, 5.74) is -1.61. The monoisotopic (exact) mass is 437 g/mol. The predicted molar refractivity (Wildman–Crippen MR) is 80.7 cm³/mol. The molecule has 0 spiro atoms. The van der Waals surface area contributed by atoms with Crippen LogP contribution in [-0.4, -0.2) is 17.0 Å². The van der Waals surface area contributed by atoms with Crippen molar-refractivity contribution in [2.45, 2.75) is 39.4 Å². The third-order valence-corrected chi connectivity index (χ3v) is 4.17. The van der Waals surface area contributed by atoms with E-state index in [-0.39, 0.29) is 23.7 Å². The van der Waals surface area contributed by atoms with Crippen LogP contribution in [0.5, 0.6) is 0 Å². The average Bonchev–Trinajstić information content (AvgIpc) is 3.10. The lowest BCUT2D eigenvalue weighted by Crippen LogP contribution is -2.43. The maximum Gasteiger partial charge on any atom is 0.673 e. The summed E-state index contributed by atoms with van der Waals surface area (Å²) in [4.78, 5) is 0. The summed E-state index contributed by atoms with van der Waals surface area (Å²) in [6.45, 7) is 5.55. The van der Waals surface area contributed by atoms with Crippen LogP contribution in [0.4, 0.5) is 43.6 Å². The van der Waals surface area contributed by atoms with E-state index in [4.69, 9.17) is 0 Å². The molecule has 0 unspecified atom stereocenters. The molecule has 2 atom stereocenters. The molecule has 14 heteroatoms. The minimum atomic E-state index is -6.00. The Balaban J connectivity index is 0.000000537. The number of rotatable bonds is 1. The summed E-state index contributed by atoms with van der Waals surface area (Å²) in [5.74, 6) is -10.6. The molecule has 1 aliphatic rings. The minimum Gasteiger partial charge on any atom is -0.418 e. The van der Waals surface area contributed by atoms with Gasteiger partial charge in [0.25, 0.3) is 0 Å². The Morgan fingerprint density at radius 2 is 1.34 bits per heavy atom. The third kappa shape index (κ3) is 4.66. The Kier molecular flexibility index (Phi) is 5.97. The van der Waals surface area contributed by atoms with Crippen LogP contribution in [0.15, 0.2) is 6.33 Å². The van der Waals surface area contributed by atoms with E-state index in [2.05, 4.69) is 5.10 Å². The first-order chi connectivity index (χ1) is 13.0. The molecule has 1 aromatic carbocycles. The molecule has 0 aliphatic carbocycles. The SMILES string of the molecule is CC(C)(C)[C@@H]1C[C@@H](F)c2nn(-c3c(F)c(F)c(F)c(F)c3F)c[n+]21.F[B-](F)(F)F. The molecule has 0 saturated carbocycles. The molecule has 0 bridgehead atoms. The van der Waals surface area contributed by atoms with Crippen LogP contribution in [0.3, 0.4) is 0 Å². The van der Waals surface area contributed by atoms with Gasteiger partial charge >= 0.3 is 13.1 Å². The fourth-order valence-corrected chi connectivity index (χ4v) is 2.92. The van der Waals surface area contributed by atoms with E-state index in [1.54, 1.807) is 0 Å². The molecule has 1 aromatic heterocycles. The van der Waals surface area contributed by atoms with Crippen molar-refractivity contribution in [3.8, 4) is 5.69 Å². The Morgan fingerprint density at radius 3 is 1.76 bits per heavy atom. The topological polar surface area (TPSA) is 21.7 Å². The molecule has 2 aromatic rings. The largest absolute Gasteiger partial charge is 0.673 e. The van der Waals surface area contributed by atoms with Gasteiger partial charge in [-0.05, 0) is 5.41 Å². The molecule has 29 heavy (non-hydrogen) atoms. The van der Waals surface area contributed by atoms with Gasteiger partial charge in [0, 0.05) is 11.5 Å². The summed E-state index contributed by atoms with van der Waals surface area (Å²) in [7, 11) is -6.00. The number of alkyl halides is 1. The molecule has 2 heterocycles. The Morgan fingerprint density at radius 1 is 0.931 bits per heavy atom. The summed E-state index contributed by atoms with van der Waals surface area (Å²) in [6, 6.07) is -0.363. The summed E-state index contributed by atoms with van der Waals surface area (Å²) < 4.78 is 123. The van der Waals surface area contributed by atoms with Crippen molar-refractivity contribution in [2.24, 2.45) is 5.41 Å². The zero-order chi connectivity index (χ0) is 22.5. The van der Waals surface area contributed by atoms with Crippen molar-refractivity contribution in [3.63, 3.8) is 0 Å². The molecule has 1 aliphatic heterocycles. The van der Waals surface area contributed by atoms with Crippen LogP contribution in [0, 0.1) is 34.5 Å². The highest BCUT2D eigenvalue weighted by Gasteiger charge is 2.46. The average molecular weight is 437 g/mol. The second-order valence-electron chi connectivity index (χ2n) is 7.32. The lowest BCUT2D eigenvalue weighted by molar-refractivity contribution is -0.729. The van der Waals surface area contributed by atoms with Gasteiger partial charge in [-0.2, -0.15) is 8.78 Å². The molecule has 3 nitrogen and oxygen atoms in total. The zero-order valence-corrected chi connectivity index (χ0v) is 15.1. The zero-order valence-electron chi connectivity index (χ0n) is 15.1. The standard InChI is InChI=1S/C15H14F6N3.BF4/c1-15(2,3)7-4-6(16)14-22-24(5-23(7)14)13-11(20)9(18)8(17)10(19)12(13)21;2-1(3,4)5/h5-7H,4H2,1-3H3;/q+1;-1/t6-,7+;/m1./s1. The lowest BCUT2D eigenvalue weighted by Gasteiger charge is -2.24. The van der Waals surface area contributed by atoms with Gasteiger partial charge in [0.2, 0.25) is 41.1 Å². The van der Waals surface area contributed by atoms with Crippen molar-refractivity contribution in [1.29, 1.82) is 0 Å². The smallest absolute Gasteiger partial charge is 0.418 e. The van der Waals surface area contributed by atoms with Crippen molar-refractivity contribution >= 4 is 7.25 Å². The highest BCUT2D eigenvalue weighted by atomic mass is 19.5. The predicted octanol–water partition coefficient (Wildman–Crippen LogP) is 5.16. The third-order valence-electron chi connectivity index (χ3n) is 4.17. The normalized spacial score (nSPS) is 19.1. The lowest BCUT2D eigenvalue weighted by atomic mass is 9.85. The van der Waals surface area contributed by atoms with Crippen LogP contribution < -0.4 is 4.57 Å². The van der Waals surface area contributed by atoms with Crippen LogP contribution in [0.2, 0.25) is 0 Å². The number of aromatic nitrogens is 3. The molecule has 3 rings (SSSR count). The van der Waals surface area contributed by atoms with E-state index in [1.807, 2.05) is 20.8 Å². The number of hydrogen-bond donors (Lipinski definition) is 0. The molecule has 0 N–H and O–H groups in total. The second kappa shape index (κ2) is 7.52. The van der Waals surface area contributed by atoms with Gasteiger partial charge in [0.15, 0.2) is 6.17 Å². The van der Waals surface area contributed by atoms with Gasteiger partial charge in [0.05, 0.1) is 6.04 Å². The molecule has 162 valence electrons. The van der Waals surface area contributed by atoms with Gasteiger partial charge in [0.1, 0.15) is 0 Å². The number of halogens is 10. The van der Waals surface area contributed by atoms with Crippen LogP contribution in [0.25, 0.3) is 5.69 Å². The number of benzene rings is 1. The summed E-state index contributed by atoms with van der Waals surface area (Å²) in [6.07, 6.45) is -0.302. The Bertz CT molecular complexity index is 884. The van der Waals surface area contributed by atoms with Crippen molar-refractivity contribution in [3.05, 3.63) is 41.2 Å². The van der Waals surface area contributed by atoms with E-state index in [9.17, 15) is 43.6 Å². The molecule has 0 radical (unpaired) electrons. The van der Waals surface area contributed by atoms with Crippen molar-refractivity contribution in [1.82, 2.24) is 9.78 Å². The highest BCUT2D eigenvalue weighted by molar-refractivity contribution is 6.50. The Hall–Kier alpha value is -2.28. The fraction of sp³-hybridized carbons (Fsp3) is 0.467. The number of nitrogens with zero attached hydrogens (tertiary/aromatic N) is 3. The van der Waals surface area contributed by atoms with Crippen LogP contribution in [-0.2, 0) is 0 Å². The van der Waals surface area contributed by atoms with E-state index in [0.29, 0.717) is 4.68 Å². The second-order valence-corrected chi connectivity index (χ2v) is 7.32. The summed E-state index contributed by atoms with van der Waals surface area (Å²) >= 11 is 0. The number of fused-ring (bicyclic) bond motifs is 1. The molecule has 0 amide bonds. The van der Waals surface area contributed by atoms with E-state index in [0.717, 1.165) is 6.33 Å².